The third-order valence-corrected chi connectivity index (χ3v) is 3.67. The van der Waals surface area contributed by atoms with E-state index in [9.17, 15) is 4.79 Å². The number of aliphatic hydroxyl groups is 1. The number of aromatic nitrogens is 1. The first-order valence-corrected chi connectivity index (χ1v) is 7.23. The number of aliphatic hydroxyl groups excluding tert-OH is 1. The van der Waals surface area contributed by atoms with Crippen LogP contribution in [0.1, 0.15) is 30.5 Å². The zero-order valence-corrected chi connectivity index (χ0v) is 12.9. The van der Waals surface area contributed by atoms with Crippen molar-refractivity contribution in [3.8, 4) is 11.8 Å². The van der Waals surface area contributed by atoms with Crippen molar-refractivity contribution in [3.05, 3.63) is 69.6 Å². The van der Waals surface area contributed by atoms with E-state index in [1.54, 1.807) is 30.5 Å². The van der Waals surface area contributed by atoms with E-state index in [2.05, 4.69) is 6.07 Å². The van der Waals surface area contributed by atoms with Crippen molar-refractivity contribution in [2.24, 2.45) is 0 Å². The lowest BCUT2D eigenvalue weighted by atomic mass is 9.97. The Hall–Kier alpha value is -2.84. The summed E-state index contributed by atoms with van der Waals surface area (Å²) in [5.74, 6) is 0.629. The fourth-order valence-electron chi connectivity index (χ4n) is 2.63. The molecule has 0 unspecified atom stereocenters. The van der Waals surface area contributed by atoms with Gasteiger partial charge in [-0.15, -0.1) is 0 Å². The Kier molecular flexibility index (Phi) is 3.55. The SMILES string of the molecule is CC1(C)C=C(n2ccc(CO)cc2=O)c2cc(C#N)ccc2O1. The largest absolute Gasteiger partial charge is 0.483 e. The van der Waals surface area contributed by atoms with Gasteiger partial charge in [0.25, 0.3) is 5.56 Å². The maximum absolute atomic E-state index is 12.4. The highest BCUT2D eigenvalue weighted by Crippen LogP contribution is 2.36. The molecule has 0 aliphatic carbocycles. The van der Waals surface area contributed by atoms with Gasteiger partial charge in [-0.2, -0.15) is 5.26 Å². The molecule has 1 aliphatic rings. The van der Waals surface area contributed by atoms with Crippen molar-refractivity contribution in [2.45, 2.75) is 26.1 Å². The van der Waals surface area contributed by atoms with Crippen molar-refractivity contribution >= 4 is 5.70 Å². The molecule has 0 bridgehead atoms. The second-order valence-electron chi connectivity index (χ2n) is 5.96. The summed E-state index contributed by atoms with van der Waals surface area (Å²) in [6, 6.07) is 10.3. The Morgan fingerprint density at radius 1 is 1.30 bits per heavy atom. The number of pyridine rings is 1. The Balaban J connectivity index is 2.23. The second-order valence-corrected chi connectivity index (χ2v) is 5.96. The molecule has 23 heavy (non-hydrogen) atoms. The lowest BCUT2D eigenvalue weighted by Crippen LogP contribution is -2.32. The van der Waals surface area contributed by atoms with Gasteiger partial charge >= 0.3 is 0 Å². The van der Waals surface area contributed by atoms with Crippen LogP contribution in [-0.2, 0) is 6.61 Å². The zero-order chi connectivity index (χ0) is 16.6. The van der Waals surface area contributed by atoms with E-state index < -0.39 is 5.60 Å². The van der Waals surface area contributed by atoms with E-state index >= 15 is 0 Å². The summed E-state index contributed by atoms with van der Waals surface area (Å²) in [4.78, 5) is 12.4. The molecule has 0 fully saturated rings. The minimum Gasteiger partial charge on any atom is -0.483 e. The molecule has 2 heterocycles. The van der Waals surface area contributed by atoms with Crippen molar-refractivity contribution in [1.82, 2.24) is 4.57 Å². The van der Waals surface area contributed by atoms with E-state index in [4.69, 9.17) is 15.1 Å². The maximum Gasteiger partial charge on any atom is 0.255 e. The van der Waals surface area contributed by atoms with E-state index in [0.29, 0.717) is 28.1 Å². The first kappa shape index (κ1) is 15.1. The quantitative estimate of drug-likeness (QED) is 0.923. The van der Waals surface area contributed by atoms with Gasteiger partial charge < -0.3 is 9.84 Å². The number of hydrogen-bond acceptors (Lipinski definition) is 4. The molecule has 0 atom stereocenters. The molecule has 0 radical (unpaired) electrons. The van der Waals surface area contributed by atoms with Gasteiger partial charge in [0.05, 0.1) is 23.9 Å². The van der Waals surface area contributed by atoms with Crippen LogP contribution >= 0.6 is 0 Å². The third kappa shape index (κ3) is 2.77. The number of hydrogen-bond donors (Lipinski definition) is 1. The highest BCUT2D eigenvalue weighted by atomic mass is 16.5. The van der Waals surface area contributed by atoms with Gasteiger partial charge in [0.15, 0.2) is 0 Å². The highest BCUT2D eigenvalue weighted by Gasteiger charge is 2.28. The average Bonchev–Trinajstić information content (AvgIpc) is 2.53. The molecule has 3 rings (SSSR count). The fraction of sp³-hybridized carbons (Fsp3) is 0.222. The molecule has 2 aromatic rings. The van der Waals surface area contributed by atoms with Crippen LogP contribution < -0.4 is 10.3 Å². The van der Waals surface area contributed by atoms with E-state index in [1.165, 1.54) is 10.6 Å². The monoisotopic (exact) mass is 308 g/mol. The van der Waals surface area contributed by atoms with Crippen LogP contribution in [0.5, 0.6) is 5.75 Å². The van der Waals surface area contributed by atoms with Crippen LogP contribution in [0.15, 0.2) is 47.4 Å². The van der Waals surface area contributed by atoms with Gasteiger partial charge in [-0.3, -0.25) is 9.36 Å². The van der Waals surface area contributed by atoms with Crippen LogP contribution in [0.2, 0.25) is 0 Å². The summed E-state index contributed by atoms with van der Waals surface area (Å²) in [6.07, 6.45) is 3.49. The molecule has 0 spiro atoms. The van der Waals surface area contributed by atoms with Crippen molar-refractivity contribution in [2.75, 3.05) is 0 Å². The molecule has 5 heteroatoms. The van der Waals surface area contributed by atoms with E-state index in [-0.39, 0.29) is 12.2 Å². The summed E-state index contributed by atoms with van der Waals surface area (Å²) in [5, 5.41) is 18.3. The molecule has 0 saturated carbocycles. The Morgan fingerprint density at radius 2 is 2.09 bits per heavy atom. The number of benzene rings is 1. The number of nitriles is 1. The summed E-state index contributed by atoms with van der Waals surface area (Å²) in [6.45, 7) is 3.63. The molecule has 1 N–H and O–H groups in total. The molecular weight excluding hydrogens is 292 g/mol. The molecule has 1 aromatic carbocycles. The molecule has 116 valence electrons. The Morgan fingerprint density at radius 3 is 2.74 bits per heavy atom. The second kappa shape index (κ2) is 5.41. The highest BCUT2D eigenvalue weighted by molar-refractivity contribution is 5.74. The predicted molar refractivity (Wildman–Crippen MR) is 85.9 cm³/mol. The van der Waals surface area contributed by atoms with Crippen LogP contribution in [0.3, 0.4) is 0 Å². The summed E-state index contributed by atoms with van der Waals surface area (Å²) >= 11 is 0. The van der Waals surface area contributed by atoms with E-state index in [1.807, 2.05) is 19.9 Å². The Bertz CT molecular complexity index is 901. The standard InChI is InChI=1S/C18H16N2O3/c1-18(2)9-15(20-6-5-13(11-21)8-17(20)22)14-7-12(10-19)3-4-16(14)23-18/h3-9,21H,11H2,1-2H3. The van der Waals surface area contributed by atoms with Crippen molar-refractivity contribution in [1.29, 1.82) is 5.26 Å². The number of nitrogens with zero attached hydrogens (tertiary/aromatic N) is 2. The predicted octanol–water partition coefficient (Wildman–Crippen LogP) is 2.27. The van der Waals surface area contributed by atoms with Gasteiger partial charge in [0.2, 0.25) is 0 Å². The molecule has 0 amide bonds. The first-order chi connectivity index (χ1) is 10.9. The fourth-order valence-corrected chi connectivity index (χ4v) is 2.63. The molecule has 0 saturated heterocycles. The third-order valence-electron chi connectivity index (χ3n) is 3.67. The van der Waals surface area contributed by atoms with Crippen molar-refractivity contribution < 1.29 is 9.84 Å². The summed E-state index contributed by atoms with van der Waals surface area (Å²) in [7, 11) is 0. The number of ether oxygens (including phenoxy) is 1. The van der Waals surface area contributed by atoms with Gasteiger partial charge in [0.1, 0.15) is 11.4 Å². The first-order valence-electron chi connectivity index (χ1n) is 7.23. The lowest BCUT2D eigenvalue weighted by Gasteiger charge is -2.31. The van der Waals surface area contributed by atoms with E-state index in [0.717, 1.165) is 0 Å². The Labute approximate surface area is 133 Å². The lowest BCUT2D eigenvalue weighted by molar-refractivity contribution is 0.157. The number of rotatable bonds is 2. The molecular formula is C18H16N2O3. The molecule has 1 aliphatic heterocycles. The maximum atomic E-state index is 12.4. The molecule has 5 nitrogen and oxygen atoms in total. The normalized spacial score (nSPS) is 15.1. The number of fused-ring (bicyclic) bond motifs is 1. The van der Waals surface area contributed by atoms with Crippen LogP contribution in [0.25, 0.3) is 5.70 Å². The topological polar surface area (TPSA) is 75.3 Å². The van der Waals surface area contributed by atoms with Crippen molar-refractivity contribution in [3.63, 3.8) is 0 Å². The van der Waals surface area contributed by atoms with Gasteiger partial charge in [-0.05, 0) is 49.8 Å². The zero-order valence-electron chi connectivity index (χ0n) is 12.9. The van der Waals surface area contributed by atoms with Gasteiger partial charge in [-0.25, -0.2) is 0 Å². The van der Waals surface area contributed by atoms with Crippen LogP contribution in [0.4, 0.5) is 0 Å². The van der Waals surface area contributed by atoms with Gasteiger partial charge in [-0.1, -0.05) is 0 Å². The summed E-state index contributed by atoms with van der Waals surface area (Å²) < 4.78 is 7.42. The summed E-state index contributed by atoms with van der Waals surface area (Å²) in [5.41, 5.74) is 1.60. The van der Waals surface area contributed by atoms with Gasteiger partial charge in [0, 0.05) is 17.8 Å². The minimum atomic E-state index is -0.578. The average molecular weight is 308 g/mol. The van der Waals surface area contributed by atoms with Crippen LogP contribution in [-0.4, -0.2) is 15.3 Å². The molecule has 1 aromatic heterocycles. The minimum absolute atomic E-state index is 0.182. The van der Waals surface area contributed by atoms with Crippen LogP contribution in [0, 0.1) is 11.3 Å². The smallest absolute Gasteiger partial charge is 0.255 e.